The van der Waals surface area contributed by atoms with Crippen molar-refractivity contribution < 1.29 is 42.1 Å². The number of ether oxygens (including phenoxy) is 2. The van der Waals surface area contributed by atoms with Crippen LogP contribution in [0.1, 0.15) is 194 Å². The van der Waals surface area contributed by atoms with Gasteiger partial charge in [-0.1, -0.05) is 168 Å². The van der Waals surface area contributed by atoms with Crippen LogP contribution in [0.3, 0.4) is 0 Å². The number of hydrogen-bond donors (Lipinski definition) is 0. The molecule has 9 nitrogen and oxygen atoms in total. The number of unbranched alkanes of at least 4 members (excludes halogenated alkanes) is 24. The summed E-state index contributed by atoms with van der Waals surface area (Å²) in [7, 11) is 1.18. The van der Waals surface area contributed by atoms with E-state index in [9.17, 15) is 19.0 Å². The molecule has 298 valence electrons. The van der Waals surface area contributed by atoms with Crippen molar-refractivity contribution in [3.05, 3.63) is 0 Å². The van der Waals surface area contributed by atoms with Crippen LogP contribution in [0.5, 0.6) is 0 Å². The fourth-order valence-electron chi connectivity index (χ4n) is 5.83. The summed E-state index contributed by atoms with van der Waals surface area (Å²) in [6.45, 7) is 4.22. The first-order valence-corrected chi connectivity index (χ1v) is 22.2. The van der Waals surface area contributed by atoms with Crippen molar-refractivity contribution >= 4 is 19.8 Å². The Morgan fingerprint density at radius 2 is 0.900 bits per heavy atom. The van der Waals surface area contributed by atoms with Crippen LogP contribution in [0.15, 0.2) is 0 Å². The standard InChI is InChI=1S/C40H80NO8P/c1-6-8-10-12-14-16-17-18-19-20-21-22-23-25-27-29-31-33-40(43)49-38(37-48-50(44,45)47-35-34-41(3,4)5)36-46-39(42)32-30-28-26-24-15-13-11-9-7-2/h38H,6-37H2,1-5H3/t38-/m1/s1. The zero-order chi connectivity index (χ0) is 37.2. The summed E-state index contributed by atoms with van der Waals surface area (Å²) in [5.74, 6) is -0.826. The average molecular weight is 734 g/mol. The van der Waals surface area contributed by atoms with Crippen molar-refractivity contribution in [3.8, 4) is 0 Å². The molecule has 0 bridgehead atoms. The molecule has 0 aromatic heterocycles. The second kappa shape index (κ2) is 33.8. The zero-order valence-electron chi connectivity index (χ0n) is 33.4. The summed E-state index contributed by atoms with van der Waals surface area (Å²) in [6.07, 6.45) is 31.3. The number of likely N-dealkylation sites (N-methyl/N-ethyl adjacent to an activating group) is 1. The molecular weight excluding hydrogens is 653 g/mol. The van der Waals surface area contributed by atoms with Gasteiger partial charge in [-0.05, 0) is 12.8 Å². The van der Waals surface area contributed by atoms with Crippen LogP contribution >= 0.6 is 7.82 Å². The number of hydrogen-bond acceptors (Lipinski definition) is 8. The van der Waals surface area contributed by atoms with E-state index in [1.54, 1.807) is 0 Å². The van der Waals surface area contributed by atoms with Crippen molar-refractivity contribution in [2.45, 2.75) is 200 Å². The third kappa shape index (κ3) is 36.8. The van der Waals surface area contributed by atoms with Crippen molar-refractivity contribution in [2.24, 2.45) is 0 Å². The molecule has 10 heteroatoms. The maximum Gasteiger partial charge on any atom is 0.306 e. The first kappa shape index (κ1) is 49.0. The van der Waals surface area contributed by atoms with Crippen LogP contribution in [0.25, 0.3) is 0 Å². The van der Waals surface area contributed by atoms with Gasteiger partial charge >= 0.3 is 11.9 Å². The van der Waals surface area contributed by atoms with Crippen LogP contribution < -0.4 is 4.89 Å². The Morgan fingerprint density at radius 3 is 1.28 bits per heavy atom. The third-order valence-electron chi connectivity index (χ3n) is 9.13. The molecule has 0 aromatic rings. The minimum atomic E-state index is -4.61. The lowest BCUT2D eigenvalue weighted by Gasteiger charge is -2.28. The minimum Gasteiger partial charge on any atom is -0.756 e. The van der Waals surface area contributed by atoms with Gasteiger partial charge in [0.1, 0.15) is 19.8 Å². The average Bonchev–Trinajstić information content (AvgIpc) is 3.06. The maximum absolute atomic E-state index is 12.6. The maximum atomic E-state index is 12.6. The predicted octanol–water partition coefficient (Wildman–Crippen LogP) is 10.6. The summed E-state index contributed by atoms with van der Waals surface area (Å²) in [5.41, 5.74) is 0. The van der Waals surface area contributed by atoms with E-state index in [2.05, 4.69) is 13.8 Å². The summed E-state index contributed by atoms with van der Waals surface area (Å²) in [4.78, 5) is 37.3. The van der Waals surface area contributed by atoms with Crippen molar-refractivity contribution in [1.29, 1.82) is 0 Å². The molecule has 0 rings (SSSR count). The van der Waals surface area contributed by atoms with E-state index in [-0.39, 0.29) is 32.0 Å². The van der Waals surface area contributed by atoms with Crippen molar-refractivity contribution in [2.75, 3.05) is 47.5 Å². The SMILES string of the molecule is CCCCCCCCCCCCCCCCCCCC(=O)O[C@H](COC(=O)CCCCCCCCCCC)COP(=O)([O-])OCC[N+](C)(C)C. The smallest absolute Gasteiger partial charge is 0.306 e. The van der Waals surface area contributed by atoms with E-state index in [1.807, 2.05) is 21.1 Å². The number of esters is 2. The number of carbonyl (C=O) groups is 2. The zero-order valence-corrected chi connectivity index (χ0v) is 34.3. The fraction of sp³-hybridized carbons (Fsp3) is 0.950. The largest absolute Gasteiger partial charge is 0.756 e. The molecular formula is C40H80NO8P. The van der Waals surface area contributed by atoms with Gasteiger partial charge < -0.3 is 27.9 Å². The molecule has 0 amide bonds. The van der Waals surface area contributed by atoms with Gasteiger partial charge in [-0.15, -0.1) is 0 Å². The van der Waals surface area contributed by atoms with Gasteiger partial charge in [0, 0.05) is 12.8 Å². The first-order chi connectivity index (χ1) is 24.0. The number of nitrogens with zero attached hydrogens (tertiary/aromatic N) is 1. The molecule has 0 spiro atoms. The molecule has 0 aliphatic rings. The molecule has 0 aliphatic carbocycles. The van der Waals surface area contributed by atoms with Gasteiger partial charge in [-0.25, -0.2) is 0 Å². The topological polar surface area (TPSA) is 111 Å². The monoisotopic (exact) mass is 734 g/mol. The lowest BCUT2D eigenvalue weighted by molar-refractivity contribution is -0.870. The quantitative estimate of drug-likeness (QED) is 0.0267. The summed E-state index contributed by atoms with van der Waals surface area (Å²) in [6, 6.07) is 0. The fourth-order valence-corrected chi connectivity index (χ4v) is 6.56. The van der Waals surface area contributed by atoms with E-state index < -0.39 is 26.5 Å². The normalized spacial score (nSPS) is 13.6. The van der Waals surface area contributed by atoms with Crippen molar-refractivity contribution in [3.63, 3.8) is 0 Å². The molecule has 0 aromatic carbocycles. The molecule has 0 radical (unpaired) electrons. The van der Waals surface area contributed by atoms with Gasteiger partial charge in [0.05, 0.1) is 27.7 Å². The molecule has 0 saturated carbocycles. The number of phosphoric ester groups is 1. The van der Waals surface area contributed by atoms with E-state index >= 15 is 0 Å². The summed E-state index contributed by atoms with van der Waals surface area (Å²) in [5, 5.41) is 0. The van der Waals surface area contributed by atoms with Crippen LogP contribution in [0, 0.1) is 0 Å². The Balaban J connectivity index is 4.30. The molecule has 0 N–H and O–H groups in total. The van der Waals surface area contributed by atoms with E-state index in [0.717, 1.165) is 32.1 Å². The Kier molecular flexibility index (Phi) is 33.2. The predicted molar refractivity (Wildman–Crippen MR) is 204 cm³/mol. The van der Waals surface area contributed by atoms with Gasteiger partial charge in [-0.2, -0.15) is 0 Å². The van der Waals surface area contributed by atoms with Gasteiger partial charge in [0.15, 0.2) is 6.10 Å². The highest BCUT2D eigenvalue weighted by Gasteiger charge is 2.21. The van der Waals surface area contributed by atoms with Crippen LogP contribution in [0.2, 0.25) is 0 Å². The summed E-state index contributed by atoms with van der Waals surface area (Å²) < 4.78 is 33.8. The second-order valence-corrected chi connectivity index (χ2v) is 16.8. The van der Waals surface area contributed by atoms with Gasteiger partial charge in [-0.3, -0.25) is 14.2 Å². The molecule has 2 atom stereocenters. The highest BCUT2D eigenvalue weighted by molar-refractivity contribution is 7.45. The van der Waals surface area contributed by atoms with E-state index in [1.165, 1.54) is 128 Å². The van der Waals surface area contributed by atoms with Crippen LogP contribution in [0.4, 0.5) is 0 Å². The number of phosphoric acid groups is 1. The van der Waals surface area contributed by atoms with Crippen LogP contribution in [-0.2, 0) is 32.7 Å². The molecule has 0 heterocycles. The highest BCUT2D eigenvalue weighted by atomic mass is 31.2. The minimum absolute atomic E-state index is 0.0260. The van der Waals surface area contributed by atoms with Gasteiger partial charge in [0.25, 0.3) is 7.82 Å². The molecule has 50 heavy (non-hydrogen) atoms. The third-order valence-corrected chi connectivity index (χ3v) is 10.1. The first-order valence-electron chi connectivity index (χ1n) is 20.7. The Hall–Kier alpha value is -0.990. The number of quaternary nitrogens is 1. The lowest BCUT2D eigenvalue weighted by atomic mass is 10.0. The van der Waals surface area contributed by atoms with Crippen LogP contribution in [-0.4, -0.2) is 70.0 Å². The van der Waals surface area contributed by atoms with E-state index in [0.29, 0.717) is 17.4 Å². The molecule has 0 saturated heterocycles. The number of rotatable bonds is 38. The van der Waals surface area contributed by atoms with Gasteiger partial charge in [0.2, 0.25) is 0 Å². The Labute approximate surface area is 308 Å². The summed E-state index contributed by atoms with van der Waals surface area (Å²) >= 11 is 0. The highest BCUT2D eigenvalue weighted by Crippen LogP contribution is 2.38. The Morgan fingerprint density at radius 1 is 0.540 bits per heavy atom. The Bertz CT molecular complexity index is 835. The van der Waals surface area contributed by atoms with Crippen molar-refractivity contribution in [1.82, 2.24) is 0 Å². The molecule has 0 aliphatic heterocycles. The van der Waals surface area contributed by atoms with E-state index in [4.69, 9.17) is 18.5 Å². The molecule has 1 unspecified atom stereocenters. The number of carbonyl (C=O) groups excluding carboxylic acids is 2. The lowest BCUT2D eigenvalue weighted by Crippen LogP contribution is -2.37. The molecule has 0 fully saturated rings. The second-order valence-electron chi connectivity index (χ2n) is 15.4.